The van der Waals surface area contributed by atoms with Crippen LogP contribution in [-0.4, -0.2) is 20.7 Å². The number of hydrazine groups is 1. The molecule has 1 aromatic heterocycles. The minimum absolute atomic E-state index is 0.212. The summed E-state index contributed by atoms with van der Waals surface area (Å²) in [4.78, 5) is 15.1. The van der Waals surface area contributed by atoms with E-state index in [9.17, 15) is 4.79 Å². The lowest BCUT2D eigenvalue weighted by atomic mass is 10.0. The summed E-state index contributed by atoms with van der Waals surface area (Å²) in [5.74, 6) is 4.87. The van der Waals surface area contributed by atoms with Gasteiger partial charge < -0.3 is 0 Å². The van der Waals surface area contributed by atoms with E-state index in [0.717, 1.165) is 11.1 Å². The Kier molecular flexibility index (Phi) is 3.46. The first kappa shape index (κ1) is 11.3. The number of aromatic nitrogens is 3. The van der Waals surface area contributed by atoms with E-state index in [0.29, 0.717) is 6.54 Å². The van der Waals surface area contributed by atoms with Crippen LogP contribution in [0.3, 0.4) is 0 Å². The van der Waals surface area contributed by atoms with E-state index in [1.54, 1.807) is 11.0 Å². The van der Waals surface area contributed by atoms with Gasteiger partial charge in [-0.1, -0.05) is 24.3 Å². The minimum atomic E-state index is -0.212. The molecule has 0 atom stereocenters. The molecule has 2 rings (SSSR count). The third kappa shape index (κ3) is 2.88. The second-order valence-electron chi connectivity index (χ2n) is 3.61. The number of hydrogen-bond acceptors (Lipinski definition) is 4. The predicted molar refractivity (Wildman–Crippen MR) is 61.6 cm³/mol. The Morgan fingerprint density at radius 3 is 2.76 bits per heavy atom. The van der Waals surface area contributed by atoms with Gasteiger partial charge >= 0.3 is 0 Å². The predicted octanol–water partition coefficient (Wildman–Crippen LogP) is -0.141. The lowest BCUT2D eigenvalue weighted by molar-refractivity contribution is -0.120. The quantitative estimate of drug-likeness (QED) is 0.435. The molecular weight excluding hydrogens is 218 g/mol. The van der Waals surface area contributed by atoms with Crippen molar-refractivity contribution in [1.29, 1.82) is 0 Å². The summed E-state index contributed by atoms with van der Waals surface area (Å²) in [5.41, 5.74) is 4.09. The van der Waals surface area contributed by atoms with Crippen LogP contribution in [0.2, 0.25) is 0 Å². The van der Waals surface area contributed by atoms with E-state index in [-0.39, 0.29) is 12.3 Å². The number of hydrogen-bond donors (Lipinski definition) is 2. The van der Waals surface area contributed by atoms with Gasteiger partial charge in [-0.15, -0.1) is 0 Å². The molecule has 0 aliphatic heterocycles. The summed E-state index contributed by atoms with van der Waals surface area (Å²) in [6.45, 7) is 0.591. The van der Waals surface area contributed by atoms with Gasteiger partial charge in [-0.2, -0.15) is 5.10 Å². The van der Waals surface area contributed by atoms with Gasteiger partial charge in [0.05, 0.1) is 13.0 Å². The molecule has 0 radical (unpaired) electrons. The van der Waals surface area contributed by atoms with Crippen molar-refractivity contribution < 1.29 is 4.79 Å². The third-order valence-electron chi connectivity index (χ3n) is 2.43. The molecule has 6 heteroatoms. The molecule has 6 nitrogen and oxygen atoms in total. The maximum absolute atomic E-state index is 11.3. The Bertz CT molecular complexity index is 494. The largest absolute Gasteiger partial charge is 0.294 e. The van der Waals surface area contributed by atoms with Crippen LogP contribution in [0.25, 0.3) is 0 Å². The molecule has 0 saturated heterocycles. The van der Waals surface area contributed by atoms with Crippen LogP contribution in [0.1, 0.15) is 11.1 Å². The molecule has 88 valence electrons. The van der Waals surface area contributed by atoms with Crippen LogP contribution in [-0.2, 0) is 17.8 Å². The molecule has 1 aromatic carbocycles. The van der Waals surface area contributed by atoms with Crippen LogP contribution >= 0.6 is 0 Å². The van der Waals surface area contributed by atoms with Crippen LogP contribution < -0.4 is 11.3 Å². The highest BCUT2D eigenvalue weighted by Gasteiger charge is 2.07. The topological polar surface area (TPSA) is 85.8 Å². The number of rotatable bonds is 4. The van der Waals surface area contributed by atoms with E-state index in [1.165, 1.54) is 6.33 Å². The van der Waals surface area contributed by atoms with E-state index in [2.05, 4.69) is 15.5 Å². The highest BCUT2D eigenvalue weighted by atomic mass is 16.2. The smallest absolute Gasteiger partial charge is 0.238 e. The normalized spacial score (nSPS) is 10.2. The zero-order valence-corrected chi connectivity index (χ0v) is 9.21. The fourth-order valence-corrected chi connectivity index (χ4v) is 1.60. The molecule has 0 spiro atoms. The van der Waals surface area contributed by atoms with E-state index < -0.39 is 0 Å². The monoisotopic (exact) mass is 231 g/mol. The molecule has 0 aliphatic rings. The molecule has 0 fully saturated rings. The maximum atomic E-state index is 11.3. The van der Waals surface area contributed by atoms with E-state index >= 15 is 0 Å². The Morgan fingerprint density at radius 1 is 1.35 bits per heavy atom. The molecule has 3 N–H and O–H groups in total. The van der Waals surface area contributed by atoms with Crippen molar-refractivity contribution in [2.24, 2.45) is 5.84 Å². The van der Waals surface area contributed by atoms with Gasteiger partial charge in [0.25, 0.3) is 0 Å². The number of nitrogens with one attached hydrogen (secondary N) is 1. The number of nitrogens with two attached hydrogens (primary N) is 1. The first-order valence-electron chi connectivity index (χ1n) is 5.18. The lowest BCUT2D eigenvalue weighted by Crippen LogP contribution is -2.31. The van der Waals surface area contributed by atoms with Crippen molar-refractivity contribution in [2.45, 2.75) is 13.0 Å². The second-order valence-corrected chi connectivity index (χ2v) is 3.61. The summed E-state index contributed by atoms with van der Waals surface area (Å²) < 4.78 is 1.71. The summed E-state index contributed by atoms with van der Waals surface area (Å²) in [7, 11) is 0. The summed E-state index contributed by atoms with van der Waals surface area (Å²) in [5, 5.41) is 4.03. The van der Waals surface area contributed by atoms with Gasteiger partial charge in [-0.25, -0.2) is 15.5 Å². The van der Waals surface area contributed by atoms with Gasteiger partial charge in [0.15, 0.2) is 0 Å². The van der Waals surface area contributed by atoms with Gasteiger partial charge in [0.2, 0.25) is 5.91 Å². The Morgan fingerprint density at radius 2 is 2.12 bits per heavy atom. The number of benzene rings is 1. The number of carbonyl (C=O) groups excluding carboxylic acids is 1. The standard InChI is InChI=1S/C11H13N5O/c12-15-11(17)5-9-3-1-2-4-10(9)6-16-8-13-7-14-16/h1-4,7-8H,5-6,12H2,(H,15,17). The summed E-state index contributed by atoms with van der Waals surface area (Å²) in [6, 6.07) is 7.68. The van der Waals surface area contributed by atoms with Crippen molar-refractivity contribution in [1.82, 2.24) is 20.2 Å². The molecule has 0 bridgehead atoms. The fraction of sp³-hybridized carbons (Fsp3) is 0.182. The van der Waals surface area contributed by atoms with Crippen molar-refractivity contribution in [3.05, 3.63) is 48.0 Å². The van der Waals surface area contributed by atoms with Gasteiger partial charge in [-0.3, -0.25) is 10.2 Å². The minimum Gasteiger partial charge on any atom is -0.294 e. The first-order chi connectivity index (χ1) is 8.29. The van der Waals surface area contributed by atoms with Crippen LogP contribution in [0.15, 0.2) is 36.9 Å². The molecule has 1 amide bonds. The molecule has 0 unspecified atom stereocenters. The first-order valence-corrected chi connectivity index (χ1v) is 5.18. The van der Waals surface area contributed by atoms with E-state index in [1.807, 2.05) is 24.3 Å². The van der Waals surface area contributed by atoms with Crippen molar-refractivity contribution in [3.63, 3.8) is 0 Å². The SMILES string of the molecule is NNC(=O)Cc1ccccc1Cn1cncn1. The van der Waals surface area contributed by atoms with Gasteiger partial charge in [0, 0.05) is 0 Å². The summed E-state index contributed by atoms with van der Waals surface area (Å²) in [6.07, 6.45) is 3.39. The van der Waals surface area contributed by atoms with Crippen molar-refractivity contribution in [3.8, 4) is 0 Å². The van der Waals surface area contributed by atoms with Gasteiger partial charge in [-0.05, 0) is 11.1 Å². The zero-order chi connectivity index (χ0) is 12.1. The maximum Gasteiger partial charge on any atom is 0.238 e. The second kappa shape index (κ2) is 5.22. The number of carbonyl (C=O) groups is 1. The Labute approximate surface area is 98.4 Å². The Hall–Kier alpha value is -2.21. The molecule has 1 heterocycles. The molecule has 0 saturated carbocycles. The van der Waals surface area contributed by atoms with Crippen LogP contribution in [0.4, 0.5) is 0 Å². The Balaban J connectivity index is 2.18. The van der Waals surface area contributed by atoms with Gasteiger partial charge in [0.1, 0.15) is 12.7 Å². The molecule has 0 aliphatic carbocycles. The number of nitrogens with zero attached hydrogens (tertiary/aromatic N) is 3. The van der Waals surface area contributed by atoms with Crippen LogP contribution in [0, 0.1) is 0 Å². The number of amides is 1. The van der Waals surface area contributed by atoms with Crippen molar-refractivity contribution in [2.75, 3.05) is 0 Å². The summed E-state index contributed by atoms with van der Waals surface area (Å²) >= 11 is 0. The third-order valence-corrected chi connectivity index (χ3v) is 2.43. The highest BCUT2D eigenvalue weighted by molar-refractivity contribution is 5.78. The van der Waals surface area contributed by atoms with E-state index in [4.69, 9.17) is 5.84 Å². The zero-order valence-electron chi connectivity index (χ0n) is 9.21. The molecular formula is C11H13N5O. The molecule has 2 aromatic rings. The molecule has 17 heavy (non-hydrogen) atoms. The lowest BCUT2D eigenvalue weighted by Gasteiger charge is -2.08. The van der Waals surface area contributed by atoms with Crippen LogP contribution in [0.5, 0.6) is 0 Å². The average molecular weight is 231 g/mol. The average Bonchev–Trinajstić information content (AvgIpc) is 2.84. The highest BCUT2D eigenvalue weighted by Crippen LogP contribution is 2.10. The van der Waals surface area contributed by atoms with Crippen molar-refractivity contribution >= 4 is 5.91 Å². The fourth-order valence-electron chi connectivity index (χ4n) is 1.60.